The van der Waals surface area contributed by atoms with Gasteiger partial charge in [-0.15, -0.1) is 0 Å². The number of morpholine rings is 1. The fourth-order valence-electron chi connectivity index (χ4n) is 2.33. The predicted octanol–water partition coefficient (Wildman–Crippen LogP) is 2.59. The zero-order chi connectivity index (χ0) is 18.4. The molecule has 0 aliphatic carbocycles. The third kappa shape index (κ3) is 5.09. The highest BCUT2D eigenvalue weighted by atomic mass is 19.4. The van der Waals surface area contributed by atoms with Crippen LogP contribution in [0.2, 0.25) is 0 Å². The lowest BCUT2D eigenvalue weighted by molar-refractivity contribution is -0.167. The first-order chi connectivity index (χ1) is 11.8. The van der Waals surface area contributed by atoms with Gasteiger partial charge < -0.3 is 19.7 Å². The lowest BCUT2D eigenvalue weighted by atomic mass is 10.1. The third-order valence-corrected chi connectivity index (χ3v) is 3.52. The summed E-state index contributed by atoms with van der Waals surface area (Å²) in [5.41, 5.74) is 0.521. The molecule has 1 aliphatic rings. The second-order valence-electron chi connectivity index (χ2n) is 5.42. The van der Waals surface area contributed by atoms with Crippen molar-refractivity contribution in [1.82, 2.24) is 0 Å². The van der Waals surface area contributed by atoms with Gasteiger partial charge in [-0.3, -0.25) is 4.79 Å². The Bertz CT molecular complexity index is 628. The number of hydrogen-bond donors (Lipinski definition) is 1. The number of anilines is 2. The van der Waals surface area contributed by atoms with Crippen molar-refractivity contribution in [2.24, 2.45) is 0 Å². The van der Waals surface area contributed by atoms with Gasteiger partial charge in [0.25, 0.3) is 0 Å². The second-order valence-corrected chi connectivity index (χ2v) is 5.42. The first kappa shape index (κ1) is 19.0. The van der Waals surface area contributed by atoms with Gasteiger partial charge in [-0.25, -0.2) is 4.79 Å². The predicted molar refractivity (Wildman–Crippen MR) is 84.7 cm³/mol. The summed E-state index contributed by atoms with van der Waals surface area (Å²) in [6.07, 6.45) is -4.39. The van der Waals surface area contributed by atoms with Gasteiger partial charge in [0.2, 0.25) is 0 Å². The van der Waals surface area contributed by atoms with Crippen LogP contribution in [0.15, 0.2) is 18.2 Å². The second kappa shape index (κ2) is 8.19. The molecule has 1 amide bonds. The van der Waals surface area contributed by atoms with Crippen LogP contribution in [0.5, 0.6) is 0 Å². The van der Waals surface area contributed by atoms with E-state index in [0.717, 1.165) is 0 Å². The number of halogens is 3. The molecule has 1 aliphatic heterocycles. The molecule has 0 aromatic heterocycles. The van der Waals surface area contributed by atoms with E-state index in [4.69, 9.17) is 9.47 Å². The molecular weight excluding hydrogens is 341 g/mol. The van der Waals surface area contributed by atoms with Gasteiger partial charge in [0.15, 0.2) is 0 Å². The molecule has 0 unspecified atom stereocenters. The summed E-state index contributed by atoms with van der Waals surface area (Å²) in [6.45, 7) is 4.08. The van der Waals surface area contributed by atoms with Crippen molar-refractivity contribution in [3.63, 3.8) is 0 Å². The molecule has 1 saturated heterocycles. The summed E-state index contributed by atoms with van der Waals surface area (Å²) in [6, 6.07) is 4.03. The Hall–Kier alpha value is -2.29. The molecule has 2 rings (SSSR count). The summed E-state index contributed by atoms with van der Waals surface area (Å²) < 4.78 is 47.6. The fourth-order valence-corrected chi connectivity index (χ4v) is 2.33. The third-order valence-electron chi connectivity index (χ3n) is 3.52. The van der Waals surface area contributed by atoms with Crippen LogP contribution in [0, 0.1) is 0 Å². The minimum atomic E-state index is -5.01. The molecule has 6 nitrogen and oxygen atoms in total. The van der Waals surface area contributed by atoms with Gasteiger partial charge in [-0.1, -0.05) is 6.92 Å². The molecule has 0 saturated carbocycles. The number of nitrogens with zero attached hydrogens (tertiary/aromatic N) is 1. The molecule has 138 valence electrons. The zero-order valence-corrected chi connectivity index (χ0v) is 13.7. The average molecular weight is 360 g/mol. The van der Waals surface area contributed by atoms with Gasteiger partial charge >= 0.3 is 18.1 Å². The normalized spacial score (nSPS) is 15.0. The Labute approximate surface area is 142 Å². The fraction of sp³-hybridized carbons (Fsp3) is 0.500. The molecule has 0 radical (unpaired) electrons. The zero-order valence-electron chi connectivity index (χ0n) is 13.7. The standard InChI is InChI=1S/C16H19F3N2O4/c1-2-7-25-14(22)12-10-11(20-15(23)16(17,18)19)3-4-13(12)21-5-8-24-9-6-21/h3-4,10H,2,5-9H2,1H3,(H,20,23). The van der Waals surface area contributed by atoms with E-state index in [-0.39, 0.29) is 17.9 Å². The molecule has 25 heavy (non-hydrogen) atoms. The number of alkyl halides is 3. The van der Waals surface area contributed by atoms with Crippen molar-refractivity contribution >= 4 is 23.3 Å². The van der Waals surface area contributed by atoms with Crippen molar-refractivity contribution < 1.29 is 32.2 Å². The molecule has 1 N–H and O–H groups in total. The lowest BCUT2D eigenvalue weighted by Crippen LogP contribution is -2.37. The first-order valence-corrected chi connectivity index (χ1v) is 7.85. The molecule has 0 atom stereocenters. The molecule has 0 bridgehead atoms. The highest BCUT2D eigenvalue weighted by molar-refractivity contribution is 6.00. The topological polar surface area (TPSA) is 67.9 Å². The molecular formula is C16H19F3N2O4. The number of carbonyl (C=O) groups excluding carboxylic acids is 2. The quantitative estimate of drug-likeness (QED) is 0.818. The maximum absolute atomic E-state index is 12.4. The first-order valence-electron chi connectivity index (χ1n) is 7.85. The number of carbonyl (C=O) groups is 2. The van der Waals surface area contributed by atoms with Gasteiger partial charge in [0.05, 0.1) is 31.1 Å². The summed E-state index contributed by atoms with van der Waals surface area (Å²) in [5, 5.41) is 1.75. The Morgan fingerprint density at radius 1 is 1.28 bits per heavy atom. The van der Waals surface area contributed by atoms with Crippen LogP contribution in [0.3, 0.4) is 0 Å². The Kier molecular flexibility index (Phi) is 6.24. The van der Waals surface area contributed by atoms with Crippen LogP contribution >= 0.6 is 0 Å². The maximum Gasteiger partial charge on any atom is 0.471 e. The van der Waals surface area contributed by atoms with E-state index in [2.05, 4.69) is 0 Å². The number of nitrogens with one attached hydrogen (secondary N) is 1. The minimum Gasteiger partial charge on any atom is -0.462 e. The van der Waals surface area contributed by atoms with Crippen LogP contribution in [-0.2, 0) is 14.3 Å². The Morgan fingerprint density at radius 3 is 2.56 bits per heavy atom. The number of ether oxygens (including phenoxy) is 2. The monoisotopic (exact) mass is 360 g/mol. The van der Waals surface area contributed by atoms with Crippen LogP contribution in [0.1, 0.15) is 23.7 Å². The van der Waals surface area contributed by atoms with Gasteiger partial charge in [-0.05, 0) is 24.6 Å². The van der Waals surface area contributed by atoms with Crippen molar-refractivity contribution in [1.29, 1.82) is 0 Å². The molecule has 1 heterocycles. The molecule has 1 fully saturated rings. The van der Waals surface area contributed by atoms with Gasteiger partial charge in [-0.2, -0.15) is 13.2 Å². The maximum atomic E-state index is 12.4. The average Bonchev–Trinajstić information content (AvgIpc) is 2.59. The van der Waals surface area contributed by atoms with E-state index in [1.165, 1.54) is 18.2 Å². The van der Waals surface area contributed by atoms with E-state index < -0.39 is 18.1 Å². The minimum absolute atomic E-state index is 0.107. The van der Waals surface area contributed by atoms with E-state index in [1.54, 1.807) is 5.32 Å². The van der Waals surface area contributed by atoms with Gasteiger partial charge in [0.1, 0.15) is 0 Å². The number of benzene rings is 1. The Balaban J connectivity index is 2.29. The highest BCUT2D eigenvalue weighted by Crippen LogP contribution is 2.27. The van der Waals surface area contributed by atoms with Crippen molar-refractivity contribution in [2.45, 2.75) is 19.5 Å². The smallest absolute Gasteiger partial charge is 0.462 e. The van der Waals surface area contributed by atoms with Crippen LogP contribution < -0.4 is 10.2 Å². The summed E-state index contributed by atoms with van der Waals surface area (Å²) >= 11 is 0. The highest BCUT2D eigenvalue weighted by Gasteiger charge is 2.38. The molecule has 1 aromatic carbocycles. The summed E-state index contributed by atoms with van der Waals surface area (Å²) in [7, 11) is 0. The molecule has 0 spiro atoms. The van der Waals surface area contributed by atoms with E-state index in [1.807, 2.05) is 11.8 Å². The molecule has 9 heteroatoms. The number of amides is 1. The van der Waals surface area contributed by atoms with Crippen LogP contribution in [0.25, 0.3) is 0 Å². The van der Waals surface area contributed by atoms with E-state index in [0.29, 0.717) is 38.4 Å². The number of esters is 1. The largest absolute Gasteiger partial charge is 0.471 e. The van der Waals surface area contributed by atoms with E-state index in [9.17, 15) is 22.8 Å². The lowest BCUT2D eigenvalue weighted by Gasteiger charge is -2.30. The summed E-state index contributed by atoms with van der Waals surface area (Å²) in [5.74, 6) is -2.74. The van der Waals surface area contributed by atoms with Crippen molar-refractivity contribution in [3.05, 3.63) is 23.8 Å². The van der Waals surface area contributed by atoms with Crippen LogP contribution in [0.4, 0.5) is 24.5 Å². The van der Waals surface area contributed by atoms with Crippen molar-refractivity contribution in [2.75, 3.05) is 43.1 Å². The summed E-state index contributed by atoms with van der Waals surface area (Å²) in [4.78, 5) is 25.3. The molecule has 1 aromatic rings. The number of hydrogen-bond acceptors (Lipinski definition) is 5. The van der Waals surface area contributed by atoms with Crippen LogP contribution in [-0.4, -0.2) is 51.0 Å². The SMILES string of the molecule is CCCOC(=O)c1cc(NC(=O)C(F)(F)F)ccc1N1CCOCC1. The Morgan fingerprint density at radius 2 is 1.96 bits per heavy atom. The van der Waals surface area contributed by atoms with Gasteiger partial charge in [0, 0.05) is 18.8 Å². The van der Waals surface area contributed by atoms with E-state index >= 15 is 0 Å². The van der Waals surface area contributed by atoms with Crippen molar-refractivity contribution in [3.8, 4) is 0 Å². The number of rotatable bonds is 5.